The second kappa shape index (κ2) is 8.87. The van der Waals surface area contributed by atoms with Crippen LogP contribution in [0.5, 0.6) is 0 Å². The maximum atomic E-state index is 14.3. The molecular formula is C22H19ClFN3O4. The van der Waals surface area contributed by atoms with E-state index < -0.39 is 17.8 Å². The average molecular weight is 444 g/mol. The first-order valence-electron chi connectivity index (χ1n) is 9.68. The Balaban J connectivity index is 1.50. The predicted octanol–water partition coefficient (Wildman–Crippen LogP) is 4.81. The molecule has 2 aromatic carbocycles. The highest BCUT2D eigenvalue weighted by Gasteiger charge is 2.26. The quantitative estimate of drug-likeness (QED) is 0.590. The molecule has 4 rings (SSSR count). The molecule has 2 heterocycles. The lowest BCUT2D eigenvalue weighted by atomic mass is 10.0. The number of aromatic nitrogens is 1. The summed E-state index contributed by atoms with van der Waals surface area (Å²) in [5.41, 5.74) is 1.17. The summed E-state index contributed by atoms with van der Waals surface area (Å²) in [5.74, 6) is -1.10. The number of benzene rings is 2. The number of amides is 2. The molecule has 1 atom stereocenters. The van der Waals surface area contributed by atoms with Crippen LogP contribution in [0.1, 0.15) is 29.0 Å². The number of ether oxygens (including phenoxy) is 1. The number of carbonyl (C=O) groups is 2. The van der Waals surface area contributed by atoms with E-state index in [1.54, 1.807) is 31.2 Å². The summed E-state index contributed by atoms with van der Waals surface area (Å²) in [7, 11) is 0. The van der Waals surface area contributed by atoms with Crippen molar-refractivity contribution in [3.63, 3.8) is 0 Å². The summed E-state index contributed by atoms with van der Waals surface area (Å²) in [6, 6.07) is 10.8. The molecule has 0 aliphatic carbocycles. The van der Waals surface area contributed by atoms with Gasteiger partial charge in [0, 0.05) is 18.0 Å². The Labute approximate surface area is 182 Å². The van der Waals surface area contributed by atoms with Crippen molar-refractivity contribution in [1.29, 1.82) is 0 Å². The van der Waals surface area contributed by atoms with E-state index in [1.807, 2.05) is 0 Å². The van der Waals surface area contributed by atoms with Crippen molar-refractivity contribution in [3.8, 4) is 11.3 Å². The first-order valence-corrected chi connectivity index (χ1v) is 10.1. The topological polar surface area (TPSA) is 93.5 Å². The highest BCUT2D eigenvalue weighted by molar-refractivity contribution is 6.33. The van der Waals surface area contributed by atoms with Crippen LogP contribution in [0.4, 0.5) is 15.8 Å². The highest BCUT2D eigenvalue weighted by atomic mass is 35.5. The van der Waals surface area contributed by atoms with Gasteiger partial charge in [-0.3, -0.25) is 9.59 Å². The lowest BCUT2D eigenvalue weighted by molar-refractivity contribution is -0.124. The Hall–Kier alpha value is -3.23. The summed E-state index contributed by atoms with van der Waals surface area (Å²) in [5, 5.41) is 9.47. The summed E-state index contributed by atoms with van der Waals surface area (Å²) in [6.45, 7) is 2.15. The zero-order valence-corrected chi connectivity index (χ0v) is 17.3. The molecule has 1 aromatic heterocycles. The minimum Gasteiger partial charge on any atom is -0.368 e. The molecule has 9 heteroatoms. The molecule has 160 valence electrons. The molecule has 31 heavy (non-hydrogen) atoms. The Morgan fingerprint density at radius 1 is 1.13 bits per heavy atom. The number of nitrogens with zero attached hydrogens (tertiary/aromatic N) is 1. The van der Waals surface area contributed by atoms with E-state index in [-0.39, 0.29) is 33.5 Å². The van der Waals surface area contributed by atoms with Gasteiger partial charge in [-0.1, -0.05) is 22.8 Å². The maximum Gasteiger partial charge on any atom is 0.261 e. The van der Waals surface area contributed by atoms with Crippen LogP contribution in [0, 0.1) is 12.7 Å². The van der Waals surface area contributed by atoms with Crippen LogP contribution in [-0.4, -0.2) is 29.7 Å². The molecule has 3 aromatic rings. The first kappa shape index (κ1) is 21.0. The molecule has 0 radical (unpaired) electrons. The molecule has 2 N–H and O–H groups in total. The van der Waals surface area contributed by atoms with Gasteiger partial charge in [0.2, 0.25) is 0 Å². The van der Waals surface area contributed by atoms with Crippen molar-refractivity contribution in [2.45, 2.75) is 25.9 Å². The Kier molecular flexibility index (Phi) is 6.01. The Morgan fingerprint density at radius 3 is 2.48 bits per heavy atom. The van der Waals surface area contributed by atoms with Gasteiger partial charge >= 0.3 is 0 Å². The van der Waals surface area contributed by atoms with E-state index in [4.69, 9.17) is 20.9 Å². The number of hydrogen-bond donors (Lipinski definition) is 2. The van der Waals surface area contributed by atoms with Crippen LogP contribution in [0.2, 0.25) is 5.02 Å². The van der Waals surface area contributed by atoms with Gasteiger partial charge in [-0.05, 0) is 56.2 Å². The average Bonchev–Trinajstić information content (AvgIpc) is 3.40. The van der Waals surface area contributed by atoms with Gasteiger partial charge in [-0.25, -0.2) is 4.39 Å². The second-order valence-electron chi connectivity index (χ2n) is 7.08. The van der Waals surface area contributed by atoms with E-state index in [1.165, 1.54) is 18.2 Å². The molecular weight excluding hydrogens is 425 g/mol. The van der Waals surface area contributed by atoms with Crippen LogP contribution in [0.3, 0.4) is 0 Å². The van der Waals surface area contributed by atoms with E-state index >= 15 is 0 Å². The van der Waals surface area contributed by atoms with Gasteiger partial charge in [0.15, 0.2) is 0 Å². The number of rotatable bonds is 5. The molecule has 1 fully saturated rings. The third kappa shape index (κ3) is 4.45. The number of hydrogen-bond acceptors (Lipinski definition) is 5. The van der Waals surface area contributed by atoms with Crippen LogP contribution in [0.25, 0.3) is 11.3 Å². The normalized spacial score (nSPS) is 15.6. The molecule has 7 nitrogen and oxygen atoms in total. The zero-order valence-electron chi connectivity index (χ0n) is 16.6. The molecule has 1 aliphatic heterocycles. The summed E-state index contributed by atoms with van der Waals surface area (Å²) in [6.07, 6.45) is 1.14. The van der Waals surface area contributed by atoms with Gasteiger partial charge in [-0.15, -0.1) is 0 Å². The first-order chi connectivity index (χ1) is 14.9. The molecule has 0 spiro atoms. The van der Waals surface area contributed by atoms with Gasteiger partial charge in [0.25, 0.3) is 11.8 Å². The second-order valence-corrected chi connectivity index (χ2v) is 7.49. The summed E-state index contributed by atoms with van der Waals surface area (Å²) >= 11 is 6.12. The van der Waals surface area contributed by atoms with Gasteiger partial charge in [0.05, 0.1) is 10.6 Å². The van der Waals surface area contributed by atoms with Gasteiger partial charge in [0.1, 0.15) is 28.9 Å². The van der Waals surface area contributed by atoms with E-state index in [0.29, 0.717) is 24.4 Å². The number of carbonyl (C=O) groups excluding carboxylic acids is 2. The van der Waals surface area contributed by atoms with Crippen molar-refractivity contribution in [3.05, 3.63) is 64.6 Å². The van der Waals surface area contributed by atoms with Crippen molar-refractivity contribution >= 4 is 34.8 Å². The van der Waals surface area contributed by atoms with E-state index in [2.05, 4.69) is 15.8 Å². The van der Waals surface area contributed by atoms with Crippen molar-refractivity contribution < 1.29 is 23.2 Å². The lowest BCUT2D eigenvalue weighted by Crippen LogP contribution is -2.26. The molecule has 0 bridgehead atoms. The third-order valence-corrected chi connectivity index (χ3v) is 5.24. The van der Waals surface area contributed by atoms with Crippen molar-refractivity contribution in [2.75, 3.05) is 17.2 Å². The van der Waals surface area contributed by atoms with Crippen LogP contribution in [-0.2, 0) is 9.53 Å². The number of anilines is 2. The standard InChI is InChI=1S/C22H19ClFN3O4/c1-12-18(20(27-31-12)19-15(23)4-2-5-16(19)24)22(29)26-14-9-7-13(8-10-14)25-21(28)17-6-3-11-30-17/h2,4-5,7-10,17H,3,6,11H2,1H3,(H,25,28)(H,26,29). The van der Waals surface area contributed by atoms with Crippen molar-refractivity contribution in [2.24, 2.45) is 0 Å². The van der Waals surface area contributed by atoms with Gasteiger partial charge < -0.3 is 19.9 Å². The van der Waals surface area contributed by atoms with Crippen LogP contribution in [0.15, 0.2) is 47.0 Å². The van der Waals surface area contributed by atoms with Gasteiger partial charge in [-0.2, -0.15) is 0 Å². The molecule has 1 unspecified atom stereocenters. The summed E-state index contributed by atoms with van der Waals surface area (Å²) in [4.78, 5) is 25.0. The van der Waals surface area contributed by atoms with Crippen molar-refractivity contribution in [1.82, 2.24) is 5.16 Å². The summed E-state index contributed by atoms with van der Waals surface area (Å²) < 4.78 is 24.8. The predicted molar refractivity (Wildman–Crippen MR) is 114 cm³/mol. The highest BCUT2D eigenvalue weighted by Crippen LogP contribution is 2.33. The Bertz CT molecular complexity index is 1100. The lowest BCUT2D eigenvalue weighted by Gasteiger charge is -2.11. The molecule has 1 saturated heterocycles. The SMILES string of the molecule is Cc1onc(-c2c(F)cccc2Cl)c1C(=O)Nc1ccc(NC(=O)C2CCCO2)cc1. The monoisotopic (exact) mass is 443 g/mol. The minimum atomic E-state index is -0.610. The fourth-order valence-corrected chi connectivity index (χ4v) is 3.62. The number of halogens is 2. The molecule has 2 amide bonds. The minimum absolute atomic E-state index is 0.00152. The van der Waals surface area contributed by atoms with Crippen LogP contribution < -0.4 is 10.6 Å². The third-order valence-electron chi connectivity index (χ3n) is 4.92. The van der Waals surface area contributed by atoms with E-state index in [9.17, 15) is 14.0 Å². The number of aryl methyl sites for hydroxylation is 1. The Morgan fingerprint density at radius 2 is 1.84 bits per heavy atom. The smallest absolute Gasteiger partial charge is 0.261 e. The molecule has 0 saturated carbocycles. The zero-order chi connectivity index (χ0) is 22.0. The van der Waals surface area contributed by atoms with Crippen LogP contribution >= 0.6 is 11.6 Å². The van der Waals surface area contributed by atoms with E-state index in [0.717, 1.165) is 6.42 Å². The maximum absolute atomic E-state index is 14.3. The number of nitrogens with one attached hydrogen (secondary N) is 2. The fourth-order valence-electron chi connectivity index (χ4n) is 3.37. The molecule has 1 aliphatic rings. The fraction of sp³-hybridized carbons (Fsp3) is 0.227. The largest absolute Gasteiger partial charge is 0.368 e.